The molecule has 0 aromatic heterocycles. The molecule has 0 saturated carbocycles. The van der Waals surface area contributed by atoms with Gasteiger partial charge in [-0.3, -0.25) is 0 Å². The van der Waals surface area contributed by atoms with Gasteiger partial charge in [0.05, 0.1) is 0 Å². The van der Waals surface area contributed by atoms with Crippen LogP contribution >= 0.6 is 11.6 Å². The number of hydrogen-bond donors (Lipinski definition) is 0. The van der Waals surface area contributed by atoms with Crippen LogP contribution in [0, 0.1) is 13.3 Å². The highest BCUT2D eigenvalue weighted by Crippen LogP contribution is 2.18. The van der Waals surface area contributed by atoms with E-state index in [9.17, 15) is 0 Å². The molecule has 1 unspecified atom stereocenters. The van der Waals surface area contributed by atoms with Gasteiger partial charge < -0.3 is 0 Å². The van der Waals surface area contributed by atoms with Crippen molar-refractivity contribution < 1.29 is 0 Å². The largest absolute Gasteiger partial charge is 0.126 e. The number of rotatable bonds is 4. The van der Waals surface area contributed by atoms with E-state index >= 15 is 0 Å². The van der Waals surface area contributed by atoms with Crippen LogP contribution in [-0.2, 0) is 0 Å². The molecule has 0 saturated heterocycles. The lowest BCUT2D eigenvalue weighted by atomic mass is 9.97. The second kappa shape index (κ2) is 5.21. The second-order valence-electron chi connectivity index (χ2n) is 2.79. The van der Waals surface area contributed by atoms with Crippen molar-refractivity contribution in [3.05, 3.63) is 49.2 Å². The fraction of sp³-hybridized carbons (Fsp3) is 0.273. The standard InChI is InChI=1S/C11H13Cl/c1-10(6-5-9-12)11-7-3-2-4-8-11/h2-5,7-8,10H,1,6,9H2. The Labute approximate surface area is 79.6 Å². The van der Waals surface area contributed by atoms with Crippen LogP contribution in [0.4, 0.5) is 0 Å². The molecule has 0 heterocycles. The second-order valence-corrected chi connectivity index (χ2v) is 3.09. The molecule has 0 nitrogen and oxygen atoms in total. The van der Waals surface area contributed by atoms with Crippen molar-refractivity contribution in [2.75, 3.05) is 5.88 Å². The van der Waals surface area contributed by atoms with E-state index < -0.39 is 0 Å². The van der Waals surface area contributed by atoms with E-state index in [1.54, 1.807) is 0 Å². The average molecular weight is 181 g/mol. The first kappa shape index (κ1) is 9.60. The summed E-state index contributed by atoms with van der Waals surface area (Å²) in [6.07, 6.45) is 3.00. The Morgan fingerprint density at radius 1 is 1.33 bits per heavy atom. The molecule has 0 fully saturated rings. The molecule has 2 radical (unpaired) electrons. The van der Waals surface area contributed by atoms with Crippen LogP contribution < -0.4 is 0 Å². The Hall–Kier alpha value is -0.490. The Morgan fingerprint density at radius 2 is 2.00 bits per heavy atom. The predicted molar refractivity (Wildman–Crippen MR) is 54.2 cm³/mol. The van der Waals surface area contributed by atoms with E-state index in [-0.39, 0.29) is 0 Å². The van der Waals surface area contributed by atoms with Crippen molar-refractivity contribution in [2.45, 2.75) is 12.3 Å². The average Bonchev–Trinajstić information content (AvgIpc) is 2.15. The first-order valence-electron chi connectivity index (χ1n) is 4.10. The third kappa shape index (κ3) is 2.86. The van der Waals surface area contributed by atoms with E-state index in [4.69, 9.17) is 11.6 Å². The molecule has 0 spiro atoms. The van der Waals surface area contributed by atoms with Gasteiger partial charge in [-0.1, -0.05) is 30.3 Å². The lowest BCUT2D eigenvalue weighted by Crippen LogP contribution is -1.94. The van der Waals surface area contributed by atoms with Gasteiger partial charge in [0.25, 0.3) is 0 Å². The fourth-order valence-corrected chi connectivity index (χ4v) is 1.25. The van der Waals surface area contributed by atoms with E-state index in [0.29, 0.717) is 11.8 Å². The van der Waals surface area contributed by atoms with E-state index in [1.807, 2.05) is 24.6 Å². The molecular weight excluding hydrogens is 168 g/mol. The maximum atomic E-state index is 5.55. The zero-order valence-electron chi connectivity index (χ0n) is 7.04. The van der Waals surface area contributed by atoms with Gasteiger partial charge in [0.1, 0.15) is 0 Å². The van der Waals surface area contributed by atoms with Gasteiger partial charge in [-0.25, -0.2) is 0 Å². The molecule has 64 valence electrons. The fourth-order valence-electron chi connectivity index (χ4n) is 1.13. The Morgan fingerprint density at radius 3 is 2.58 bits per heavy atom. The first-order chi connectivity index (χ1) is 5.84. The van der Waals surface area contributed by atoms with E-state index in [0.717, 1.165) is 6.42 Å². The maximum absolute atomic E-state index is 5.55. The molecule has 0 bridgehead atoms. The molecule has 0 aliphatic rings. The number of hydrogen-bond acceptors (Lipinski definition) is 0. The molecule has 1 aromatic rings. The van der Waals surface area contributed by atoms with Gasteiger partial charge in [-0.2, -0.15) is 0 Å². The summed E-state index contributed by atoms with van der Waals surface area (Å²) in [7, 11) is 0. The normalized spacial score (nSPS) is 12.8. The number of benzene rings is 1. The minimum atomic E-state index is 0.338. The smallest absolute Gasteiger partial charge is 0.0255 e. The summed E-state index contributed by atoms with van der Waals surface area (Å²) in [6.45, 7) is 4.06. The van der Waals surface area contributed by atoms with Gasteiger partial charge in [0.15, 0.2) is 0 Å². The van der Waals surface area contributed by atoms with Crippen LogP contribution in [0.1, 0.15) is 17.9 Å². The van der Waals surface area contributed by atoms with Crippen molar-refractivity contribution in [1.29, 1.82) is 0 Å². The highest BCUT2D eigenvalue weighted by atomic mass is 35.5. The highest BCUT2D eigenvalue weighted by Gasteiger charge is 2.03. The Balaban J connectivity index is 2.48. The Bertz CT molecular complexity index is 206. The van der Waals surface area contributed by atoms with Gasteiger partial charge in [-0.15, -0.1) is 11.6 Å². The Kier molecular flexibility index (Phi) is 4.16. The minimum absolute atomic E-state index is 0.338. The van der Waals surface area contributed by atoms with Crippen LogP contribution in [0.15, 0.2) is 30.3 Å². The zero-order chi connectivity index (χ0) is 8.81. The maximum Gasteiger partial charge on any atom is 0.0255 e. The van der Waals surface area contributed by atoms with Gasteiger partial charge in [0, 0.05) is 5.88 Å². The highest BCUT2D eigenvalue weighted by molar-refractivity contribution is 6.18. The van der Waals surface area contributed by atoms with Crippen LogP contribution in [0.5, 0.6) is 0 Å². The molecule has 0 amide bonds. The lowest BCUT2D eigenvalue weighted by molar-refractivity contribution is 0.818. The topological polar surface area (TPSA) is 0 Å². The molecule has 1 rings (SSSR count). The van der Waals surface area contributed by atoms with Gasteiger partial charge in [0.2, 0.25) is 0 Å². The summed E-state index contributed by atoms with van der Waals surface area (Å²) >= 11 is 5.55. The molecule has 0 aliphatic heterocycles. The summed E-state index contributed by atoms with van der Waals surface area (Å²) in [5, 5.41) is 0. The van der Waals surface area contributed by atoms with Gasteiger partial charge >= 0.3 is 0 Å². The van der Waals surface area contributed by atoms with E-state index in [2.05, 4.69) is 19.1 Å². The summed E-state index contributed by atoms with van der Waals surface area (Å²) in [6, 6.07) is 10.3. The molecule has 1 heteroatoms. The SMILES string of the molecule is [CH2]C(C[CH]CCl)c1ccccc1. The van der Waals surface area contributed by atoms with Gasteiger partial charge in [-0.05, 0) is 31.2 Å². The van der Waals surface area contributed by atoms with Crippen molar-refractivity contribution in [1.82, 2.24) is 0 Å². The van der Waals surface area contributed by atoms with Crippen LogP contribution in [-0.4, -0.2) is 5.88 Å². The zero-order valence-corrected chi connectivity index (χ0v) is 7.80. The number of alkyl halides is 1. The molecule has 0 aliphatic carbocycles. The van der Waals surface area contributed by atoms with Crippen molar-refractivity contribution >= 4 is 11.6 Å². The summed E-state index contributed by atoms with van der Waals surface area (Å²) in [5.74, 6) is 0.948. The summed E-state index contributed by atoms with van der Waals surface area (Å²) in [4.78, 5) is 0. The monoisotopic (exact) mass is 180 g/mol. The predicted octanol–water partition coefficient (Wildman–Crippen LogP) is 3.44. The van der Waals surface area contributed by atoms with Crippen LogP contribution in [0.2, 0.25) is 0 Å². The third-order valence-corrected chi connectivity index (χ3v) is 2.05. The molecule has 0 N–H and O–H groups in total. The lowest BCUT2D eigenvalue weighted by Gasteiger charge is -2.09. The molecule has 12 heavy (non-hydrogen) atoms. The van der Waals surface area contributed by atoms with Crippen LogP contribution in [0.3, 0.4) is 0 Å². The molecule has 1 atom stereocenters. The minimum Gasteiger partial charge on any atom is -0.126 e. The van der Waals surface area contributed by atoms with E-state index in [1.165, 1.54) is 5.56 Å². The number of halogens is 1. The third-order valence-electron chi connectivity index (χ3n) is 1.83. The quantitative estimate of drug-likeness (QED) is 0.623. The van der Waals surface area contributed by atoms with Crippen molar-refractivity contribution in [3.63, 3.8) is 0 Å². The molecule has 1 aromatic carbocycles. The summed E-state index contributed by atoms with van der Waals surface area (Å²) < 4.78 is 0. The summed E-state index contributed by atoms with van der Waals surface area (Å²) in [5.41, 5.74) is 1.28. The molecular formula is C11H13Cl. The van der Waals surface area contributed by atoms with Crippen molar-refractivity contribution in [3.8, 4) is 0 Å². The first-order valence-corrected chi connectivity index (χ1v) is 4.63. The van der Waals surface area contributed by atoms with Crippen LogP contribution in [0.25, 0.3) is 0 Å². The van der Waals surface area contributed by atoms with Crippen molar-refractivity contribution in [2.24, 2.45) is 0 Å².